The Balaban J connectivity index is 2.81. The van der Waals surface area contributed by atoms with Gasteiger partial charge in [0.25, 0.3) is 0 Å². The number of anilines is 1. The highest BCUT2D eigenvalue weighted by atomic mass is 19.4. The first-order chi connectivity index (χ1) is 9.21. The van der Waals surface area contributed by atoms with Crippen molar-refractivity contribution in [3.05, 3.63) is 29.3 Å². The molecule has 0 bridgehead atoms. The highest BCUT2D eigenvalue weighted by Crippen LogP contribution is 2.33. The zero-order valence-corrected chi connectivity index (χ0v) is 10.9. The summed E-state index contributed by atoms with van der Waals surface area (Å²) in [5, 5.41) is 20.7. The van der Waals surface area contributed by atoms with Gasteiger partial charge >= 0.3 is 12.1 Å². The minimum atomic E-state index is -4.70. The first-order valence-electron chi connectivity index (χ1n) is 6.08. The molecule has 4 nitrogen and oxygen atoms in total. The maximum atomic E-state index is 12.6. The molecule has 0 spiro atoms. The van der Waals surface area contributed by atoms with Crippen LogP contribution in [-0.4, -0.2) is 28.8 Å². The van der Waals surface area contributed by atoms with Crippen LogP contribution in [0.4, 0.5) is 18.9 Å². The molecule has 0 amide bonds. The molecule has 7 heteroatoms. The second-order valence-corrected chi connectivity index (χ2v) is 4.48. The van der Waals surface area contributed by atoms with Crippen molar-refractivity contribution in [2.24, 2.45) is 0 Å². The van der Waals surface area contributed by atoms with Crippen molar-refractivity contribution < 1.29 is 28.2 Å². The van der Waals surface area contributed by atoms with Gasteiger partial charge in [-0.3, -0.25) is 0 Å². The Bertz CT molecular complexity index is 472. The Kier molecular flexibility index (Phi) is 5.38. The molecule has 0 aliphatic heterocycles. The summed E-state index contributed by atoms with van der Waals surface area (Å²) in [4.78, 5) is 10.9. The average Bonchev–Trinajstić information content (AvgIpc) is 2.33. The first-order valence-corrected chi connectivity index (χ1v) is 6.08. The molecule has 1 aromatic carbocycles. The molecule has 1 unspecified atom stereocenters. The van der Waals surface area contributed by atoms with Crippen molar-refractivity contribution >= 4 is 11.7 Å². The summed E-state index contributed by atoms with van der Waals surface area (Å²) in [5.74, 6) is -1.62. The lowest BCUT2D eigenvalue weighted by Crippen LogP contribution is -2.14. The van der Waals surface area contributed by atoms with Crippen LogP contribution in [0.5, 0.6) is 0 Å². The molecule has 0 heterocycles. The molecule has 3 N–H and O–H groups in total. The molecule has 1 aromatic rings. The Morgan fingerprint density at radius 1 is 1.40 bits per heavy atom. The fourth-order valence-electron chi connectivity index (χ4n) is 1.71. The van der Waals surface area contributed by atoms with Gasteiger partial charge in [0, 0.05) is 12.2 Å². The number of aromatic carboxylic acids is 1. The van der Waals surface area contributed by atoms with Crippen molar-refractivity contribution in [3.8, 4) is 0 Å². The fourth-order valence-corrected chi connectivity index (χ4v) is 1.71. The molecule has 1 atom stereocenters. The number of hydrogen-bond donors (Lipinski definition) is 3. The number of carbonyl (C=O) groups is 1. The van der Waals surface area contributed by atoms with Gasteiger partial charge in [-0.15, -0.1) is 0 Å². The van der Waals surface area contributed by atoms with Gasteiger partial charge in [-0.2, -0.15) is 13.2 Å². The SMILES string of the molecule is CC(O)CCCNc1ccc(C(F)(F)F)c(C(=O)O)c1. The second kappa shape index (κ2) is 6.60. The van der Waals surface area contributed by atoms with Crippen molar-refractivity contribution in [3.63, 3.8) is 0 Å². The topological polar surface area (TPSA) is 69.6 Å². The van der Waals surface area contributed by atoms with Gasteiger partial charge in [0.05, 0.1) is 17.2 Å². The number of carboxylic acid groups (broad SMARTS) is 1. The van der Waals surface area contributed by atoms with E-state index >= 15 is 0 Å². The number of alkyl halides is 3. The third-order valence-corrected chi connectivity index (χ3v) is 2.68. The smallest absolute Gasteiger partial charge is 0.417 e. The summed E-state index contributed by atoms with van der Waals surface area (Å²) in [6, 6.07) is 2.91. The van der Waals surface area contributed by atoms with E-state index < -0.39 is 29.4 Å². The van der Waals surface area contributed by atoms with Crippen LogP contribution in [-0.2, 0) is 6.18 Å². The summed E-state index contributed by atoms with van der Waals surface area (Å²) < 4.78 is 37.9. The summed E-state index contributed by atoms with van der Waals surface area (Å²) in [6.45, 7) is 2.08. The van der Waals surface area contributed by atoms with Gasteiger partial charge < -0.3 is 15.5 Å². The fraction of sp³-hybridized carbons (Fsp3) is 0.462. The van der Waals surface area contributed by atoms with Crippen molar-refractivity contribution in [2.45, 2.75) is 32.0 Å². The Labute approximate surface area is 114 Å². The van der Waals surface area contributed by atoms with Gasteiger partial charge in [0.1, 0.15) is 0 Å². The summed E-state index contributed by atoms with van der Waals surface area (Å²) >= 11 is 0. The zero-order chi connectivity index (χ0) is 15.3. The van der Waals surface area contributed by atoms with Gasteiger partial charge in [-0.25, -0.2) is 4.79 Å². The van der Waals surface area contributed by atoms with E-state index in [9.17, 15) is 18.0 Å². The molecule has 0 aliphatic carbocycles. The van der Waals surface area contributed by atoms with Crippen LogP contribution >= 0.6 is 0 Å². The van der Waals surface area contributed by atoms with E-state index in [1.54, 1.807) is 6.92 Å². The minimum Gasteiger partial charge on any atom is -0.478 e. The summed E-state index contributed by atoms with van der Waals surface area (Å²) in [5.41, 5.74) is -1.64. The van der Waals surface area contributed by atoms with Crippen LogP contribution in [0, 0.1) is 0 Å². The first kappa shape index (κ1) is 16.3. The standard InChI is InChI=1S/C13H16F3NO3/c1-8(18)3-2-6-17-9-4-5-11(13(14,15)16)10(7-9)12(19)20/h4-5,7-8,17-18H,2-3,6H2,1H3,(H,19,20). The van der Waals surface area contributed by atoms with Crippen LogP contribution < -0.4 is 5.32 Å². The Hall–Kier alpha value is -1.76. The zero-order valence-electron chi connectivity index (χ0n) is 10.9. The lowest BCUT2D eigenvalue weighted by atomic mass is 10.1. The lowest BCUT2D eigenvalue weighted by molar-refractivity contribution is -0.138. The summed E-state index contributed by atoms with van der Waals surface area (Å²) in [6.07, 6.45) is -3.96. The molecule has 112 valence electrons. The van der Waals surface area contributed by atoms with Gasteiger partial charge in [0.2, 0.25) is 0 Å². The molecule has 0 saturated carbocycles. The average molecular weight is 291 g/mol. The number of rotatable bonds is 6. The summed E-state index contributed by atoms with van der Waals surface area (Å²) in [7, 11) is 0. The maximum absolute atomic E-state index is 12.6. The largest absolute Gasteiger partial charge is 0.478 e. The molecule has 0 radical (unpaired) electrons. The second-order valence-electron chi connectivity index (χ2n) is 4.48. The molecule has 0 aliphatic rings. The van der Waals surface area contributed by atoms with Crippen LogP contribution in [0.1, 0.15) is 35.7 Å². The number of hydrogen-bond acceptors (Lipinski definition) is 3. The molecular formula is C13H16F3NO3. The highest BCUT2D eigenvalue weighted by molar-refractivity contribution is 5.91. The molecule has 0 saturated heterocycles. The molecule has 20 heavy (non-hydrogen) atoms. The Morgan fingerprint density at radius 2 is 2.05 bits per heavy atom. The van der Waals surface area contributed by atoms with Gasteiger partial charge in [0.15, 0.2) is 0 Å². The van der Waals surface area contributed by atoms with Crippen LogP contribution in [0.3, 0.4) is 0 Å². The number of benzene rings is 1. The molecule has 0 aromatic heterocycles. The van der Waals surface area contributed by atoms with Gasteiger partial charge in [-0.1, -0.05) is 0 Å². The van der Waals surface area contributed by atoms with Crippen LogP contribution in [0.25, 0.3) is 0 Å². The lowest BCUT2D eigenvalue weighted by Gasteiger charge is -2.13. The van der Waals surface area contributed by atoms with E-state index in [4.69, 9.17) is 10.2 Å². The van der Waals surface area contributed by atoms with Crippen molar-refractivity contribution in [1.29, 1.82) is 0 Å². The number of aliphatic hydroxyl groups is 1. The van der Waals surface area contributed by atoms with Crippen LogP contribution in [0.15, 0.2) is 18.2 Å². The molecule has 1 rings (SSSR count). The number of carboxylic acids is 1. The highest BCUT2D eigenvalue weighted by Gasteiger charge is 2.35. The van der Waals surface area contributed by atoms with E-state index in [0.717, 1.165) is 12.1 Å². The predicted molar refractivity (Wildman–Crippen MR) is 67.8 cm³/mol. The Morgan fingerprint density at radius 3 is 2.55 bits per heavy atom. The number of nitrogens with one attached hydrogen (secondary N) is 1. The quantitative estimate of drug-likeness (QED) is 0.705. The van der Waals surface area contributed by atoms with E-state index in [0.29, 0.717) is 25.1 Å². The number of halogens is 3. The van der Waals surface area contributed by atoms with E-state index in [-0.39, 0.29) is 0 Å². The minimum absolute atomic E-state index is 0.306. The van der Waals surface area contributed by atoms with E-state index in [2.05, 4.69) is 5.32 Å². The molecule has 0 fully saturated rings. The van der Waals surface area contributed by atoms with Gasteiger partial charge in [-0.05, 0) is 38.0 Å². The van der Waals surface area contributed by atoms with Crippen LogP contribution in [0.2, 0.25) is 0 Å². The van der Waals surface area contributed by atoms with E-state index in [1.165, 1.54) is 6.07 Å². The normalized spacial score (nSPS) is 13.1. The molecular weight excluding hydrogens is 275 g/mol. The third-order valence-electron chi connectivity index (χ3n) is 2.68. The van der Waals surface area contributed by atoms with Crippen molar-refractivity contribution in [1.82, 2.24) is 0 Å². The maximum Gasteiger partial charge on any atom is 0.417 e. The van der Waals surface area contributed by atoms with E-state index in [1.807, 2.05) is 0 Å². The predicted octanol–water partition coefficient (Wildman–Crippen LogP) is 2.98. The number of aliphatic hydroxyl groups excluding tert-OH is 1. The monoisotopic (exact) mass is 291 g/mol. The third kappa shape index (κ3) is 4.73. The van der Waals surface area contributed by atoms with Crippen molar-refractivity contribution in [2.75, 3.05) is 11.9 Å².